The molecule has 1 aromatic heterocycles. The molecule has 0 unspecified atom stereocenters. The number of aromatic amines is 1. The highest BCUT2D eigenvalue weighted by Gasteiger charge is 2.20. The number of carbonyl (C=O) groups is 1. The van der Waals surface area contributed by atoms with Gasteiger partial charge in [0, 0.05) is 24.3 Å². The number of nitrogens with one attached hydrogen (secondary N) is 3. The predicted molar refractivity (Wildman–Crippen MR) is 60.8 cm³/mol. The van der Waals surface area contributed by atoms with Gasteiger partial charge in [0.2, 0.25) is 5.91 Å². The number of piperidine rings is 1. The number of aromatic nitrogens is 2. The average molecular weight is 222 g/mol. The Morgan fingerprint density at radius 1 is 1.69 bits per heavy atom. The second-order valence-corrected chi connectivity index (χ2v) is 4.28. The molecule has 0 spiro atoms. The van der Waals surface area contributed by atoms with E-state index in [1.54, 1.807) is 6.20 Å². The summed E-state index contributed by atoms with van der Waals surface area (Å²) >= 11 is 0. The first-order valence-corrected chi connectivity index (χ1v) is 5.74. The molecule has 1 amide bonds. The van der Waals surface area contributed by atoms with Crippen molar-refractivity contribution in [2.45, 2.75) is 26.3 Å². The van der Waals surface area contributed by atoms with Gasteiger partial charge in [0.1, 0.15) is 0 Å². The largest absolute Gasteiger partial charge is 0.352 e. The zero-order valence-corrected chi connectivity index (χ0v) is 9.55. The monoisotopic (exact) mass is 222 g/mol. The molecular weight excluding hydrogens is 204 g/mol. The van der Waals surface area contributed by atoms with Gasteiger partial charge in [-0.1, -0.05) is 0 Å². The first-order chi connectivity index (χ1) is 7.77. The highest BCUT2D eigenvalue weighted by molar-refractivity contribution is 5.78. The van der Waals surface area contributed by atoms with Crippen molar-refractivity contribution in [1.29, 1.82) is 0 Å². The molecule has 1 fully saturated rings. The molecule has 1 saturated heterocycles. The second-order valence-electron chi connectivity index (χ2n) is 4.28. The maximum atomic E-state index is 11.8. The van der Waals surface area contributed by atoms with Gasteiger partial charge in [-0.05, 0) is 26.3 Å². The Bertz CT molecular complexity index is 355. The van der Waals surface area contributed by atoms with Gasteiger partial charge in [-0.2, -0.15) is 5.10 Å². The standard InChI is InChI=1S/C11H18N4O/c1-8-10(7-14-15-8)6-13-11(16)9-3-2-4-12-5-9/h7,9,12H,2-6H2,1H3,(H,13,16)(H,14,15)/t9-/m0/s1. The van der Waals surface area contributed by atoms with Crippen molar-refractivity contribution in [1.82, 2.24) is 20.8 Å². The summed E-state index contributed by atoms with van der Waals surface area (Å²) in [6.07, 6.45) is 3.83. The van der Waals surface area contributed by atoms with Crippen LogP contribution in [0.4, 0.5) is 0 Å². The highest BCUT2D eigenvalue weighted by atomic mass is 16.1. The van der Waals surface area contributed by atoms with Crippen molar-refractivity contribution >= 4 is 5.91 Å². The Labute approximate surface area is 95.0 Å². The van der Waals surface area contributed by atoms with Crippen molar-refractivity contribution in [2.75, 3.05) is 13.1 Å². The number of aryl methyl sites for hydroxylation is 1. The van der Waals surface area contributed by atoms with Crippen LogP contribution in [0.5, 0.6) is 0 Å². The zero-order chi connectivity index (χ0) is 11.4. The number of hydrogen-bond donors (Lipinski definition) is 3. The highest BCUT2D eigenvalue weighted by Crippen LogP contribution is 2.10. The van der Waals surface area contributed by atoms with Crippen LogP contribution in [0.1, 0.15) is 24.1 Å². The Hall–Kier alpha value is -1.36. The third kappa shape index (κ3) is 2.61. The maximum absolute atomic E-state index is 11.8. The second kappa shape index (κ2) is 5.12. The molecule has 1 aliphatic rings. The lowest BCUT2D eigenvalue weighted by Gasteiger charge is -2.21. The number of amides is 1. The number of rotatable bonds is 3. The Morgan fingerprint density at radius 2 is 2.56 bits per heavy atom. The van der Waals surface area contributed by atoms with Gasteiger partial charge in [0.15, 0.2) is 0 Å². The summed E-state index contributed by atoms with van der Waals surface area (Å²) in [5.74, 6) is 0.272. The van der Waals surface area contributed by atoms with Crippen LogP contribution in [0, 0.1) is 12.8 Å². The molecule has 16 heavy (non-hydrogen) atoms. The molecule has 0 bridgehead atoms. The molecule has 1 atom stereocenters. The van der Waals surface area contributed by atoms with E-state index >= 15 is 0 Å². The summed E-state index contributed by atoms with van der Waals surface area (Å²) in [5.41, 5.74) is 2.07. The van der Waals surface area contributed by atoms with Gasteiger partial charge >= 0.3 is 0 Å². The van der Waals surface area contributed by atoms with E-state index in [1.807, 2.05) is 6.92 Å². The molecule has 0 aliphatic carbocycles. The maximum Gasteiger partial charge on any atom is 0.224 e. The van der Waals surface area contributed by atoms with E-state index in [0.29, 0.717) is 6.54 Å². The van der Waals surface area contributed by atoms with Gasteiger partial charge in [0.05, 0.1) is 12.1 Å². The van der Waals surface area contributed by atoms with Gasteiger partial charge in [-0.3, -0.25) is 9.89 Å². The molecule has 0 saturated carbocycles. The summed E-state index contributed by atoms with van der Waals surface area (Å²) in [7, 11) is 0. The zero-order valence-electron chi connectivity index (χ0n) is 9.55. The normalized spacial score (nSPS) is 20.7. The Morgan fingerprint density at radius 3 is 3.19 bits per heavy atom. The number of carbonyl (C=O) groups excluding carboxylic acids is 1. The summed E-state index contributed by atoms with van der Waals surface area (Å²) in [6.45, 7) is 4.36. The minimum Gasteiger partial charge on any atom is -0.352 e. The Balaban J connectivity index is 1.81. The minimum absolute atomic E-state index is 0.126. The fourth-order valence-electron chi connectivity index (χ4n) is 1.96. The molecule has 1 aliphatic heterocycles. The van der Waals surface area contributed by atoms with Crippen molar-refractivity contribution in [2.24, 2.45) is 5.92 Å². The van der Waals surface area contributed by atoms with Crippen LogP contribution in [-0.2, 0) is 11.3 Å². The van der Waals surface area contributed by atoms with Gasteiger partial charge in [-0.15, -0.1) is 0 Å². The lowest BCUT2D eigenvalue weighted by molar-refractivity contribution is -0.125. The molecule has 2 rings (SSSR count). The Kier molecular flexibility index (Phi) is 3.56. The molecule has 2 heterocycles. The fourth-order valence-corrected chi connectivity index (χ4v) is 1.96. The van der Waals surface area contributed by atoms with Gasteiger partial charge in [-0.25, -0.2) is 0 Å². The average Bonchev–Trinajstić information content (AvgIpc) is 2.73. The molecule has 0 radical (unpaired) electrons. The van der Waals surface area contributed by atoms with Crippen LogP contribution in [0.25, 0.3) is 0 Å². The topological polar surface area (TPSA) is 69.8 Å². The van der Waals surface area contributed by atoms with Crippen molar-refractivity contribution in [3.8, 4) is 0 Å². The van der Waals surface area contributed by atoms with Crippen molar-refractivity contribution < 1.29 is 4.79 Å². The lowest BCUT2D eigenvalue weighted by atomic mass is 9.99. The summed E-state index contributed by atoms with van der Waals surface area (Å²) < 4.78 is 0. The van der Waals surface area contributed by atoms with Gasteiger partial charge in [0.25, 0.3) is 0 Å². The summed E-state index contributed by atoms with van der Waals surface area (Å²) in [5, 5.41) is 13.0. The molecule has 0 aromatic carbocycles. The molecule has 5 heteroatoms. The van der Waals surface area contributed by atoms with Crippen LogP contribution in [0.15, 0.2) is 6.20 Å². The molecular formula is C11H18N4O. The van der Waals surface area contributed by atoms with E-state index in [0.717, 1.165) is 37.2 Å². The summed E-state index contributed by atoms with van der Waals surface area (Å²) in [6, 6.07) is 0. The number of hydrogen-bond acceptors (Lipinski definition) is 3. The first kappa shape index (κ1) is 11.1. The van der Waals surface area contributed by atoms with Crippen LogP contribution >= 0.6 is 0 Å². The SMILES string of the molecule is Cc1[nH]ncc1CNC(=O)[C@H]1CCCNC1. The smallest absolute Gasteiger partial charge is 0.224 e. The molecule has 3 N–H and O–H groups in total. The van der Waals surface area contributed by atoms with Crippen LogP contribution < -0.4 is 10.6 Å². The lowest BCUT2D eigenvalue weighted by Crippen LogP contribution is -2.40. The number of nitrogens with zero attached hydrogens (tertiary/aromatic N) is 1. The van der Waals surface area contributed by atoms with E-state index in [-0.39, 0.29) is 11.8 Å². The van der Waals surface area contributed by atoms with Crippen molar-refractivity contribution in [3.05, 3.63) is 17.5 Å². The van der Waals surface area contributed by atoms with Gasteiger partial charge < -0.3 is 10.6 Å². The van der Waals surface area contributed by atoms with E-state index in [1.165, 1.54) is 0 Å². The van der Waals surface area contributed by atoms with E-state index < -0.39 is 0 Å². The quantitative estimate of drug-likeness (QED) is 0.690. The molecule has 1 aromatic rings. The van der Waals surface area contributed by atoms with E-state index in [9.17, 15) is 4.79 Å². The molecule has 5 nitrogen and oxygen atoms in total. The van der Waals surface area contributed by atoms with Crippen LogP contribution in [0.3, 0.4) is 0 Å². The first-order valence-electron chi connectivity index (χ1n) is 5.74. The predicted octanol–water partition coefficient (Wildman–Crippen LogP) is 0.334. The van der Waals surface area contributed by atoms with E-state index in [4.69, 9.17) is 0 Å². The van der Waals surface area contributed by atoms with Crippen LogP contribution in [-0.4, -0.2) is 29.2 Å². The summed E-state index contributed by atoms with van der Waals surface area (Å²) in [4.78, 5) is 11.8. The third-order valence-electron chi connectivity index (χ3n) is 3.06. The van der Waals surface area contributed by atoms with Crippen LogP contribution in [0.2, 0.25) is 0 Å². The van der Waals surface area contributed by atoms with E-state index in [2.05, 4.69) is 20.8 Å². The number of H-pyrrole nitrogens is 1. The third-order valence-corrected chi connectivity index (χ3v) is 3.06. The minimum atomic E-state index is 0.126. The van der Waals surface area contributed by atoms with Crippen molar-refractivity contribution in [3.63, 3.8) is 0 Å². The fraction of sp³-hybridized carbons (Fsp3) is 0.636. The molecule has 88 valence electrons.